The van der Waals surface area contributed by atoms with Gasteiger partial charge in [0, 0.05) is 10.7 Å². The molecule has 0 aliphatic carbocycles. The van der Waals surface area contributed by atoms with Gasteiger partial charge in [-0.05, 0) is 35.9 Å². The zero-order chi connectivity index (χ0) is 14.0. The maximum Gasteiger partial charge on any atom is 0.261 e. The molecule has 1 heterocycles. The van der Waals surface area contributed by atoms with E-state index in [4.69, 9.17) is 46.4 Å². The molecule has 0 unspecified atom stereocenters. The molecule has 98 valence electrons. The maximum atomic E-state index is 12.0. The van der Waals surface area contributed by atoms with Crippen LogP contribution >= 0.6 is 46.4 Å². The summed E-state index contributed by atoms with van der Waals surface area (Å²) < 4.78 is 0. The minimum atomic E-state index is -0.533. The van der Waals surface area contributed by atoms with E-state index in [9.17, 15) is 4.79 Å². The molecule has 0 spiro atoms. The van der Waals surface area contributed by atoms with Crippen molar-refractivity contribution in [1.29, 1.82) is 0 Å². The summed E-state index contributed by atoms with van der Waals surface area (Å²) in [4.78, 5) is 19.3. The van der Waals surface area contributed by atoms with Crippen LogP contribution in [0.5, 0.6) is 0 Å². The van der Waals surface area contributed by atoms with Crippen molar-refractivity contribution in [2.45, 2.75) is 0 Å². The molecule has 0 atom stereocenters. The molecule has 2 aromatic rings. The highest BCUT2D eigenvalue weighted by Crippen LogP contribution is 2.24. The van der Waals surface area contributed by atoms with Gasteiger partial charge in [0.25, 0.3) is 5.91 Å². The number of hydrogen-bond acceptors (Lipinski definition) is 3. The van der Waals surface area contributed by atoms with Crippen LogP contribution in [0.15, 0.2) is 24.3 Å². The van der Waals surface area contributed by atoms with Gasteiger partial charge in [0.15, 0.2) is 0 Å². The van der Waals surface area contributed by atoms with Crippen molar-refractivity contribution in [2.75, 3.05) is 5.32 Å². The zero-order valence-corrected chi connectivity index (χ0v) is 12.1. The fourth-order valence-electron chi connectivity index (χ4n) is 1.30. The van der Waals surface area contributed by atoms with Crippen molar-refractivity contribution in [3.63, 3.8) is 0 Å². The van der Waals surface area contributed by atoms with Crippen molar-refractivity contribution in [3.8, 4) is 0 Å². The van der Waals surface area contributed by atoms with Crippen LogP contribution in [0.25, 0.3) is 0 Å². The molecule has 1 aromatic carbocycles. The van der Waals surface area contributed by atoms with Crippen LogP contribution in [0.3, 0.4) is 0 Å². The van der Waals surface area contributed by atoms with Gasteiger partial charge in [0.1, 0.15) is 15.9 Å². The number of amides is 1. The monoisotopic (exact) mass is 335 g/mol. The third-order valence-electron chi connectivity index (χ3n) is 2.12. The van der Waals surface area contributed by atoms with Gasteiger partial charge in [-0.25, -0.2) is 9.97 Å². The number of benzene rings is 1. The standard InChI is InChI=1S/C11H5Cl4N3O/c12-5-1-3-6(4-2-5)16-10(19)7-8(13)17-11(15)18-9(7)14/h1-4H,(H,16,19). The minimum Gasteiger partial charge on any atom is -0.322 e. The Morgan fingerprint density at radius 1 is 0.947 bits per heavy atom. The van der Waals surface area contributed by atoms with E-state index in [1.54, 1.807) is 24.3 Å². The Morgan fingerprint density at radius 2 is 1.47 bits per heavy atom. The smallest absolute Gasteiger partial charge is 0.261 e. The summed E-state index contributed by atoms with van der Waals surface area (Å²) in [6.45, 7) is 0. The Balaban J connectivity index is 2.28. The highest BCUT2D eigenvalue weighted by molar-refractivity contribution is 6.40. The molecule has 1 aromatic heterocycles. The molecule has 0 fully saturated rings. The van der Waals surface area contributed by atoms with Crippen molar-refractivity contribution in [2.24, 2.45) is 0 Å². The molecular weight excluding hydrogens is 332 g/mol. The van der Waals surface area contributed by atoms with E-state index in [1.807, 2.05) is 0 Å². The minimum absolute atomic E-state index is 0.0392. The first-order valence-corrected chi connectivity index (χ1v) is 6.44. The summed E-state index contributed by atoms with van der Waals surface area (Å²) in [6, 6.07) is 6.55. The molecular formula is C11H5Cl4N3O. The van der Waals surface area contributed by atoms with E-state index < -0.39 is 5.91 Å². The summed E-state index contributed by atoms with van der Waals surface area (Å²) in [5.41, 5.74) is 0.499. The highest BCUT2D eigenvalue weighted by Gasteiger charge is 2.18. The van der Waals surface area contributed by atoms with Gasteiger partial charge in [-0.2, -0.15) is 0 Å². The lowest BCUT2D eigenvalue weighted by Gasteiger charge is -2.07. The first-order valence-electron chi connectivity index (χ1n) is 4.93. The van der Waals surface area contributed by atoms with Crippen LogP contribution < -0.4 is 5.32 Å². The predicted molar refractivity (Wildman–Crippen MR) is 76.5 cm³/mol. The molecule has 0 aliphatic heterocycles. The van der Waals surface area contributed by atoms with E-state index in [0.717, 1.165) is 0 Å². The second-order valence-corrected chi connectivity index (χ2v) is 4.90. The summed E-state index contributed by atoms with van der Waals surface area (Å²) in [5.74, 6) is -0.533. The molecule has 19 heavy (non-hydrogen) atoms. The van der Waals surface area contributed by atoms with Gasteiger partial charge in [-0.3, -0.25) is 4.79 Å². The first kappa shape index (κ1) is 14.3. The normalized spacial score (nSPS) is 10.3. The van der Waals surface area contributed by atoms with Crippen LogP contribution in [0.1, 0.15) is 10.4 Å². The van der Waals surface area contributed by atoms with Crippen LogP contribution in [0.2, 0.25) is 20.6 Å². The number of carbonyl (C=O) groups excluding carboxylic acids is 1. The molecule has 0 bridgehead atoms. The number of rotatable bonds is 2. The second kappa shape index (κ2) is 5.92. The molecule has 2 rings (SSSR count). The summed E-state index contributed by atoms with van der Waals surface area (Å²) in [6.07, 6.45) is 0. The number of halogens is 4. The number of anilines is 1. The lowest BCUT2D eigenvalue weighted by atomic mass is 10.3. The van der Waals surface area contributed by atoms with Crippen molar-refractivity contribution >= 4 is 58.0 Å². The number of nitrogens with zero attached hydrogens (tertiary/aromatic N) is 2. The van der Waals surface area contributed by atoms with Crippen molar-refractivity contribution in [3.05, 3.63) is 50.4 Å². The topological polar surface area (TPSA) is 54.9 Å². The zero-order valence-electron chi connectivity index (χ0n) is 9.12. The SMILES string of the molecule is O=C(Nc1ccc(Cl)cc1)c1c(Cl)nc(Cl)nc1Cl. The van der Waals surface area contributed by atoms with Gasteiger partial charge in [0.2, 0.25) is 5.28 Å². The molecule has 1 N–H and O–H groups in total. The van der Waals surface area contributed by atoms with Gasteiger partial charge in [-0.15, -0.1) is 0 Å². The Kier molecular flexibility index (Phi) is 4.47. The van der Waals surface area contributed by atoms with Crippen LogP contribution in [0.4, 0.5) is 5.69 Å². The molecule has 4 nitrogen and oxygen atoms in total. The number of nitrogens with one attached hydrogen (secondary N) is 1. The fraction of sp³-hybridized carbons (Fsp3) is 0. The van der Waals surface area contributed by atoms with Gasteiger partial charge in [0.05, 0.1) is 0 Å². The van der Waals surface area contributed by atoms with E-state index in [2.05, 4.69) is 15.3 Å². The summed E-state index contributed by atoms with van der Waals surface area (Å²) >= 11 is 22.9. The number of hydrogen-bond donors (Lipinski definition) is 1. The lowest BCUT2D eigenvalue weighted by molar-refractivity contribution is 0.102. The average Bonchev–Trinajstić information content (AvgIpc) is 2.30. The Labute approximate surface area is 128 Å². The third-order valence-corrected chi connectivity index (χ3v) is 3.09. The lowest BCUT2D eigenvalue weighted by Crippen LogP contribution is -2.14. The molecule has 0 saturated carbocycles. The Hall–Kier alpha value is -1.07. The van der Waals surface area contributed by atoms with E-state index in [-0.39, 0.29) is 21.2 Å². The molecule has 8 heteroatoms. The molecule has 1 amide bonds. The molecule has 0 radical (unpaired) electrons. The maximum absolute atomic E-state index is 12.0. The van der Waals surface area contributed by atoms with Crippen molar-refractivity contribution in [1.82, 2.24) is 9.97 Å². The third kappa shape index (κ3) is 3.48. The van der Waals surface area contributed by atoms with Crippen molar-refractivity contribution < 1.29 is 4.79 Å². The van der Waals surface area contributed by atoms with E-state index >= 15 is 0 Å². The number of carbonyl (C=O) groups is 1. The van der Waals surface area contributed by atoms with Crippen LogP contribution in [0, 0.1) is 0 Å². The molecule has 0 aliphatic rings. The summed E-state index contributed by atoms with van der Waals surface area (Å²) in [7, 11) is 0. The molecule has 0 saturated heterocycles. The Bertz CT molecular complexity index is 607. The van der Waals surface area contributed by atoms with Gasteiger partial charge >= 0.3 is 0 Å². The van der Waals surface area contributed by atoms with Gasteiger partial charge < -0.3 is 5.32 Å². The van der Waals surface area contributed by atoms with Crippen LogP contribution in [-0.2, 0) is 0 Å². The number of aromatic nitrogens is 2. The fourth-order valence-corrected chi connectivity index (χ4v) is 2.24. The van der Waals surface area contributed by atoms with E-state index in [1.165, 1.54) is 0 Å². The van der Waals surface area contributed by atoms with E-state index in [0.29, 0.717) is 10.7 Å². The largest absolute Gasteiger partial charge is 0.322 e. The van der Waals surface area contributed by atoms with Crippen LogP contribution in [-0.4, -0.2) is 15.9 Å². The summed E-state index contributed by atoms with van der Waals surface area (Å²) in [5, 5.41) is 2.80. The second-order valence-electron chi connectivity index (χ2n) is 3.41. The quantitative estimate of drug-likeness (QED) is 0.655. The highest BCUT2D eigenvalue weighted by atomic mass is 35.5. The Morgan fingerprint density at radius 3 is 2.00 bits per heavy atom. The predicted octanol–water partition coefficient (Wildman–Crippen LogP) is 4.34. The first-order chi connectivity index (χ1) is 8.97. The van der Waals surface area contributed by atoms with Gasteiger partial charge in [-0.1, -0.05) is 34.8 Å². The average molecular weight is 337 g/mol.